The van der Waals surface area contributed by atoms with Gasteiger partial charge in [0.1, 0.15) is 11.1 Å². The molecule has 27 heavy (non-hydrogen) atoms. The Bertz CT molecular complexity index is 938. The van der Waals surface area contributed by atoms with Crippen molar-refractivity contribution in [3.63, 3.8) is 0 Å². The van der Waals surface area contributed by atoms with E-state index in [0.717, 1.165) is 41.8 Å². The van der Waals surface area contributed by atoms with Crippen LogP contribution in [-0.2, 0) is 9.53 Å². The Morgan fingerprint density at radius 3 is 2.85 bits per heavy atom. The fourth-order valence-corrected chi connectivity index (χ4v) is 4.09. The maximum Gasteiger partial charge on any atom is 0.318 e. The number of ether oxygens (including phenoxy) is 1. The summed E-state index contributed by atoms with van der Waals surface area (Å²) < 4.78 is 6.62. The fourth-order valence-electron chi connectivity index (χ4n) is 3.01. The second kappa shape index (κ2) is 7.36. The molecular formula is C18H18ClN5O2S. The zero-order chi connectivity index (χ0) is 19.0. The lowest BCUT2D eigenvalue weighted by Crippen LogP contribution is -2.42. The SMILES string of the molecule is COC(=O)[C@@H](C)SC1=Nc2c(cnn2-c2ccc(Cl)cc2)C2=NCCCN12. The number of thioether (sulfide) groups is 1. The van der Waals surface area contributed by atoms with E-state index < -0.39 is 0 Å². The molecule has 4 rings (SSSR count). The average Bonchev–Trinajstić information content (AvgIpc) is 3.12. The van der Waals surface area contributed by atoms with Crippen LogP contribution in [0.3, 0.4) is 0 Å². The average molecular weight is 404 g/mol. The van der Waals surface area contributed by atoms with Crippen LogP contribution in [0.4, 0.5) is 5.82 Å². The number of methoxy groups -OCH3 is 1. The molecule has 2 aromatic rings. The van der Waals surface area contributed by atoms with Gasteiger partial charge in [0.25, 0.3) is 0 Å². The van der Waals surface area contributed by atoms with Crippen LogP contribution in [0.15, 0.2) is 40.4 Å². The molecule has 140 valence electrons. The first-order valence-electron chi connectivity index (χ1n) is 8.58. The van der Waals surface area contributed by atoms with Gasteiger partial charge in [0, 0.05) is 18.1 Å². The number of halogens is 1. The minimum atomic E-state index is -0.370. The van der Waals surface area contributed by atoms with Crippen molar-refractivity contribution >= 4 is 46.2 Å². The van der Waals surface area contributed by atoms with E-state index in [2.05, 4.69) is 10.00 Å². The van der Waals surface area contributed by atoms with Crippen molar-refractivity contribution in [2.24, 2.45) is 9.98 Å². The topological polar surface area (TPSA) is 72.1 Å². The van der Waals surface area contributed by atoms with Gasteiger partial charge in [0.2, 0.25) is 0 Å². The quantitative estimate of drug-likeness (QED) is 0.735. The molecule has 0 amide bonds. The fraction of sp³-hybridized carbons (Fsp3) is 0.333. The number of benzene rings is 1. The molecule has 0 unspecified atom stereocenters. The number of hydrogen-bond donors (Lipinski definition) is 0. The van der Waals surface area contributed by atoms with Gasteiger partial charge in [-0.25, -0.2) is 9.67 Å². The molecule has 2 aliphatic rings. The van der Waals surface area contributed by atoms with E-state index in [0.29, 0.717) is 10.8 Å². The van der Waals surface area contributed by atoms with Crippen molar-refractivity contribution < 1.29 is 9.53 Å². The van der Waals surface area contributed by atoms with Gasteiger partial charge in [-0.15, -0.1) is 0 Å². The summed E-state index contributed by atoms with van der Waals surface area (Å²) >= 11 is 7.37. The van der Waals surface area contributed by atoms with E-state index in [1.807, 2.05) is 31.2 Å². The Kier molecular flexibility index (Phi) is 4.92. The monoisotopic (exact) mass is 403 g/mol. The highest BCUT2D eigenvalue weighted by molar-refractivity contribution is 8.14. The Morgan fingerprint density at radius 2 is 2.11 bits per heavy atom. The van der Waals surface area contributed by atoms with Gasteiger partial charge >= 0.3 is 5.97 Å². The molecule has 0 saturated heterocycles. The predicted molar refractivity (Wildman–Crippen MR) is 107 cm³/mol. The maximum absolute atomic E-state index is 11.9. The first-order chi connectivity index (χ1) is 13.1. The van der Waals surface area contributed by atoms with Crippen molar-refractivity contribution in [2.45, 2.75) is 18.6 Å². The highest BCUT2D eigenvalue weighted by Gasteiger charge is 2.33. The second-order valence-corrected chi connectivity index (χ2v) is 7.90. The number of amidine groups is 2. The van der Waals surface area contributed by atoms with E-state index in [1.165, 1.54) is 18.9 Å². The molecule has 0 radical (unpaired) electrons. The van der Waals surface area contributed by atoms with Crippen molar-refractivity contribution in [3.8, 4) is 5.69 Å². The van der Waals surface area contributed by atoms with Gasteiger partial charge < -0.3 is 9.64 Å². The molecule has 0 spiro atoms. The van der Waals surface area contributed by atoms with Gasteiger partial charge in [0.15, 0.2) is 11.0 Å². The number of esters is 1. The summed E-state index contributed by atoms with van der Waals surface area (Å²) in [5, 5.41) is 5.53. The predicted octanol–water partition coefficient (Wildman–Crippen LogP) is 3.27. The Labute approximate surface area is 166 Å². The molecule has 0 fully saturated rings. The molecule has 7 nitrogen and oxygen atoms in total. The number of fused-ring (bicyclic) bond motifs is 3. The number of carbonyl (C=O) groups excluding carboxylic acids is 1. The van der Waals surface area contributed by atoms with Gasteiger partial charge in [0.05, 0.1) is 24.6 Å². The molecule has 9 heteroatoms. The van der Waals surface area contributed by atoms with Crippen LogP contribution in [0.1, 0.15) is 18.9 Å². The van der Waals surface area contributed by atoms with Crippen LogP contribution in [0.25, 0.3) is 5.69 Å². The summed E-state index contributed by atoms with van der Waals surface area (Å²) in [6.07, 6.45) is 2.73. The zero-order valence-corrected chi connectivity index (χ0v) is 16.5. The molecule has 0 N–H and O–H groups in total. The highest BCUT2D eigenvalue weighted by atomic mass is 35.5. The lowest BCUT2D eigenvalue weighted by atomic mass is 10.2. The number of rotatable bonds is 3. The van der Waals surface area contributed by atoms with Crippen LogP contribution in [0.5, 0.6) is 0 Å². The lowest BCUT2D eigenvalue weighted by Gasteiger charge is -2.33. The standard InChI is InChI=1S/C18H18ClN5O2S/c1-11(17(25)26-2)27-18-22-16-14(15-20-8-3-9-23(15)18)10-21-24(16)13-6-4-12(19)5-7-13/h4-7,10-11H,3,8-9H2,1-2H3/t11-/m1/s1. The molecule has 1 aromatic carbocycles. The summed E-state index contributed by atoms with van der Waals surface area (Å²) in [5.74, 6) is 1.27. The Morgan fingerprint density at radius 1 is 1.33 bits per heavy atom. The highest BCUT2D eigenvalue weighted by Crippen LogP contribution is 2.34. The van der Waals surface area contributed by atoms with Crippen LogP contribution in [0.2, 0.25) is 5.02 Å². The van der Waals surface area contributed by atoms with Crippen molar-refractivity contribution in [1.29, 1.82) is 0 Å². The number of nitrogens with zero attached hydrogens (tertiary/aromatic N) is 5. The number of carbonyl (C=O) groups is 1. The molecule has 0 saturated carbocycles. The number of hydrogen-bond acceptors (Lipinski definition) is 7. The smallest absolute Gasteiger partial charge is 0.318 e. The minimum absolute atomic E-state index is 0.282. The summed E-state index contributed by atoms with van der Waals surface area (Å²) in [7, 11) is 1.39. The van der Waals surface area contributed by atoms with E-state index >= 15 is 0 Å². The van der Waals surface area contributed by atoms with Crippen LogP contribution in [0, 0.1) is 0 Å². The summed E-state index contributed by atoms with van der Waals surface area (Å²) in [5.41, 5.74) is 1.75. The third kappa shape index (κ3) is 3.35. The van der Waals surface area contributed by atoms with E-state index in [4.69, 9.17) is 26.3 Å². The minimum Gasteiger partial charge on any atom is -0.468 e. The van der Waals surface area contributed by atoms with E-state index in [-0.39, 0.29) is 11.2 Å². The van der Waals surface area contributed by atoms with Crippen molar-refractivity contribution in [2.75, 3.05) is 20.2 Å². The molecule has 1 atom stereocenters. The Balaban J connectivity index is 1.78. The third-order valence-electron chi connectivity index (χ3n) is 4.36. The zero-order valence-electron chi connectivity index (χ0n) is 14.9. The third-order valence-corrected chi connectivity index (χ3v) is 5.68. The molecule has 0 bridgehead atoms. The molecule has 0 aliphatic carbocycles. The molecule has 1 aromatic heterocycles. The summed E-state index contributed by atoms with van der Waals surface area (Å²) in [6, 6.07) is 7.42. The van der Waals surface area contributed by atoms with Gasteiger partial charge in [-0.3, -0.25) is 9.79 Å². The first kappa shape index (κ1) is 18.1. The second-order valence-electron chi connectivity index (χ2n) is 6.16. The largest absolute Gasteiger partial charge is 0.468 e. The molecule has 3 heterocycles. The lowest BCUT2D eigenvalue weighted by molar-refractivity contribution is -0.139. The van der Waals surface area contributed by atoms with Crippen LogP contribution >= 0.6 is 23.4 Å². The van der Waals surface area contributed by atoms with Crippen molar-refractivity contribution in [3.05, 3.63) is 41.0 Å². The first-order valence-corrected chi connectivity index (χ1v) is 9.83. The maximum atomic E-state index is 11.9. The Hall–Kier alpha value is -2.32. The summed E-state index contributed by atoms with van der Waals surface area (Å²) in [4.78, 5) is 23.5. The number of aliphatic imine (C=N–C) groups is 2. The van der Waals surface area contributed by atoms with Gasteiger partial charge in [-0.2, -0.15) is 5.10 Å². The normalized spacial score (nSPS) is 16.8. The number of aromatic nitrogens is 2. The van der Waals surface area contributed by atoms with E-state index in [9.17, 15) is 4.79 Å². The van der Waals surface area contributed by atoms with Crippen molar-refractivity contribution in [1.82, 2.24) is 14.7 Å². The van der Waals surface area contributed by atoms with Crippen LogP contribution < -0.4 is 0 Å². The van der Waals surface area contributed by atoms with Gasteiger partial charge in [-0.1, -0.05) is 23.4 Å². The molecule has 2 aliphatic heterocycles. The van der Waals surface area contributed by atoms with Gasteiger partial charge in [-0.05, 0) is 37.6 Å². The molecular weight excluding hydrogens is 386 g/mol. The van der Waals surface area contributed by atoms with Crippen LogP contribution in [-0.4, -0.2) is 57.1 Å². The summed E-state index contributed by atoms with van der Waals surface area (Å²) in [6.45, 7) is 3.39. The van der Waals surface area contributed by atoms with E-state index in [1.54, 1.807) is 10.9 Å².